The molecular formula is C17H24N2. The van der Waals surface area contributed by atoms with Gasteiger partial charge in [0.2, 0.25) is 0 Å². The van der Waals surface area contributed by atoms with Crippen molar-refractivity contribution in [3.05, 3.63) is 30.1 Å². The minimum absolute atomic E-state index is 0.443. The highest BCUT2D eigenvalue weighted by Gasteiger charge is 2.53. The van der Waals surface area contributed by atoms with Crippen molar-refractivity contribution >= 4 is 0 Å². The lowest BCUT2D eigenvalue weighted by Crippen LogP contribution is -2.40. The number of pyridine rings is 1. The van der Waals surface area contributed by atoms with Crippen molar-refractivity contribution < 1.29 is 0 Å². The lowest BCUT2D eigenvalue weighted by Gasteiger charge is -2.34. The first-order valence-corrected chi connectivity index (χ1v) is 7.99. The second kappa shape index (κ2) is 4.59. The van der Waals surface area contributed by atoms with Crippen LogP contribution in [0.3, 0.4) is 0 Å². The monoisotopic (exact) mass is 256 g/mol. The SMILES string of the molecule is CC(NC1CC2CC1C1CCCC21)c1cccnc1. The average molecular weight is 256 g/mol. The second-order valence-electron chi connectivity index (χ2n) is 6.94. The Bertz CT molecular complexity index is 444. The van der Waals surface area contributed by atoms with Gasteiger partial charge in [0, 0.05) is 24.5 Å². The fourth-order valence-electron chi connectivity index (χ4n) is 5.31. The van der Waals surface area contributed by atoms with E-state index in [-0.39, 0.29) is 0 Å². The molecule has 0 saturated heterocycles. The van der Waals surface area contributed by atoms with Crippen molar-refractivity contribution in [1.82, 2.24) is 10.3 Å². The van der Waals surface area contributed by atoms with Crippen LogP contribution in [-0.2, 0) is 0 Å². The summed E-state index contributed by atoms with van der Waals surface area (Å²) >= 11 is 0. The predicted molar refractivity (Wildman–Crippen MR) is 76.6 cm³/mol. The molecule has 1 aromatic heterocycles. The Labute approximate surface area is 116 Å². The average Bonchev–Trinajstić information content (AvgIpc) is 3.11. The van der Waals surface area contributed by atoms with E-state index >= 15 is 0 Å². The fraction of sp³-hybridized carbons (Fsp3) is 0.706. The molecule has 0 amide bonds. The zero-order valence-corrected chi connectivity index (χ0v) is 11.8. The zero-order chi connectivity index (χ0) is 12.8. The van der Waals surface area contributed by atoms with Crippen molar-refractivity contribution in [2.75, 3.05) is 0 Å². The maximum absolute atomic E-state index is 4.24. The smallest absolute Gasteiger partial charge is 0.0315 e. The maximum Gasteiger partial charge on any atom is 0.0315 e. The Morgan fingerprint density at radius 1 is 1.21 bits per heavy atom. The van der Waals surface area contributed by atoms with Gasteiger partial charge in [0.1, 0.15) is 0 Å². The largest absolute Gasteiger partial charge is 0.307 e. The fourth-order valence-corrected chi connectivity index (χ4v) is 5.31. The normalized spacial score (nSPS) is 41.4. The van der Waals surface area contributed by atoms with Crippen LogP contribution >= 0.6 is 0 Å². The van der Waals surface area contributed by atoms with Crippen LogP contribution in [0.4, 0.5) is 0 Å². The van der Waals surface area contributed by atoms with Gasteiger partial charge in [-0.2, -0.15) is 0 Å². The summed E-state index contributed by atoms with van der Waals surface area (Å²) in [5, 5.41) is 3.90. The molecule has 0 spiro atoms. The molecule has 0 radical (unpaired) electrons. The third kappa shape index (κ3) is 1.92. The molecule has 3 aliphatic carbocycles. The Morgan fingerprint density at radius 2 is 2.11 bits per heavy atom. The van der Waals surface area contributed by atoms with Gasteiger partial charge in [0.25, 0.3) is 0 Å². The Balaban J connectivity index is 1.45. The van der Waals surface area contributed by atoms with Gasteiger partial charge in [-0.3, -0.25) is 4.98 Å². The molecule has 3 fully saturated rings. The van der Waals surface area contributed by atoms with Gasteiger partial charge >= 0.3 is 0 Å². The topological polar surface area (TPSA) is 24.9 Å². The van der Waals surface area contributed by atoms with E-state index in [2.05, 4.69) is 23.3 Å². The van der Waals surface area contributed by atoms with Gasteiger partial charge < -0.3 is 5.32 Å². The molecule has 1 N–H and O–H groups in total. The minimum Gasteiger partial charge on any atom is -0.307 e. The summed E-state index contributed by atoms with van der Waals surface area (Å²) < 4.78 is 0. The summed E-state index contributed by atoms with van der Waals surface area (Å²) in [6, 6.07) is 5.44. The van der Waals surface area contributed by atoms with Crippen LogP contribution in [0.1, 0.15) is 50.6 Å². The first kappa shape index (κ1) is 11.9. The molecule has 0 aliphatic heterocycles. The van der Waals surface area contributed by atoms with Crippen LogP contribution in [0.2, 0.25) is 0 Å². The number of hydrogen-bond acceptors (Lipinski definition) is 2. The quantitative estimate of drug-likeness (QED) is 0.894. The van der Waals surface area contributed by atoms with Crippen molar-refractivity contribution in [2.45, 2.75) is 51.1 Å². The lowest BCUT2D eigenvalue weighted by molar-refractivity contribution is 0.200. The summed E-state index contributed by atoms with van der Waals surface area (Å²) in [6.45, 7) is 2.29. The summed E-state index contributed by atoms with van der Waals surface area (Å²) in [4.78, 5) is 4.24. The molecule has 2 bridgehead atoms. The van der Waals surface area contributed by atoms with Gasteiger partial charge in [0.15, 0.2) is 0 Å². The standard InChI is InChI=1S/C17H24N2/c1-11(12-4-3-7-18-10-12)19-17-9-13-8-16(17)15-6-2-5-14(13)15/h3-4,7,10-11,13-17,19H,2,5-6,8-9H2,1H3. The van der Waals surface area contributed by atoms with Crippen molar-refractivity contribution in [3.8, 4) is 0 Å². The highest BCUT2D eigenvalue weighted by atomic mass is 15.0. The minimum atomic E-state index is 0.443. The molecule has 0 aromatic carbocycles. The predicted octanol–water partition coefficient (Wildman–Crippen LogP) is 3.56. The summed E-state index contributed by atoms with van der Waals surface area (Å²) in [5.74, 6) is 4.15. The van der Waals surface area contributed by atoms with E-state index in [1.807, 2.05) is 18.5 Å². The lowest BCUT2D eigenvalue weighted by atomic mass is 9.79. The molecule has 6 unspecified atom stereocenters. The van der Waals surface area contributed by atoms with Gasteiger partial charge in [-0.05, 0) is 67.9 Å². The Morgan fingerprint density at radius 3 is 2.95 bits per heavy atom. The zero-order valence-electron chi connectivity index (χ0n) is 11.8. The van der Waals surface area contributed by atoms with E-state index in [1.54, 1.807) is 0 Å². The third-order valence-electron chi connectivity index (χ3n) is 6.08. The number of rotatable bonds is 3. The third-order valence-corrected chi connectivity index (χ3v) is 6.08. The van der Waals surface area contributed by atoms with Crippen LogP contribution in [0, 0.1) is 23.7 Å². The molecule has 19 heavy (non-hydrogen) atoms. The van der Waals surface area contributed by atoms with Crippen molar-refractivity contribution in [1.29, 1.82) is 0 Å². The van der Waals surface area contributed by atoms with Crippen LogP contribution in [0.15, 0.2) is 24.5 Å². The first-order valence-electron chi connectivity index (χ1n) is 7.99. The van der Waals surface area contributed by atoms with Gasteiger partial charge in [-0.15, -0.1) is 0 Å². The van der Waals surface area contributed by atoms with E-state index in [0.717, 1.165) is 29.7 Å². The van der Waals surface area contributed by atoms with Crippen LogP contribution in [-0.4, -0.2) is 11.0 Å². The molecule has 2 heteroatoms. The Kier molecular flexibility index (Phi) is 2.87. The van der Waals surface area contributed by atoms with Crippen molar-refractivity contribution in [2.24, 2.45) is 23.7 Å². The molecule has 2 nitrogen and oxygen atoms in total. The summed E-state index contributed by atoms with van der Waals surface area (Å²) in [7, 11) is 0. The van der Waals surface area contributed by atoms with E-state index in [0.29, 0.717) is 6.04 Å². The highest BCUT2D eigenvalue weighted by molar-refractivity contribution is 5.14. The molecule has 1 heterocycles. The van der Waals surface area contributed by atoms with E-state index in [4.69, 9.17) is 0 Å². The molecule has 6 atom stereocenters. The van der Waals surface area contributed by atoms with Crippen LogP contribution in [0.5, 0.6) is 0 Å². The molecular weight excluding hydrogens is 232 g/mol. The van der Waals surface area contributed by atoms with E-state index < -0.39 is 0 Å². The maximum atomic E-state index is 4.24. The Hall–Kier alpha value is -0.890. The second-order valence-corrected chi connectivity index (χ2v) is 6.94. The number of aromatic nitrogens is 1. The highest BCUT2D eigenvalue weighted by Crippen LogP contribution is 2.58. The number of nitrogens with one attached hydrogen (secondary N) is 1. The first-order chi connectivity index (χ1) is 9.33. The number of hydrogen-bond donors (Lipinski definition) is 1. The molecule has 4 rings (SSSR count). The molecule has 3 aliphatic rings. The van der Waals surface area contributed by atoms with Crippen LogP contribution in [0.25, 0.3) is 0 Å². The summed E-state index contributed by atoms with van der Waals surface area (Å²) in [5.41, 5.74) is 1.33. The van der Waals surface area contributed by atoms with Gasteiger partial charge in [0.05, 0.1) is 0 Å². The van der Waals surface area contributed by atoms with Crippen molar-refractivity contribution in [3.63, 3.8) is 0 Å². The molecule has 1 aromatic rings. The number of fused-ring (bicyclic) bond motifs is 5. The molecule has 3 saturated carbocycles. The van der Waals surface area contributed by atoms with E-state index in [9.17, 15) is 0 Å². The van der Waals surface area contributed by atoms with E-state index in [1.165, 1.54) is 37.7 Å². The van der Waals surface area contributed by atoms with Crippen LogP contribution < -0.4 is 5.32 Å². The number of nitrogens with zero attached hydrogens (tertiary/aromatic N) is 1. The van der Waals surface area contributed by atoms with Gasteiger partial charge in [-0.25, -0.2) is 0 Å². The molecule has 102 valence electrons. The summed E-state index contributed by atoms with van der Waals surface area (Å²) in [6.07, 6.45) is 11.3. The van der Waals surface area contributed by atoms with Gasteiger partial charge in [-0.1, -0.05) is 12.5 Å².